The smallest absolute Gasteiger partial charge is 0.274 e. The zero-order valence-corrected chi connectivity index (χ0v) is 10.6. The summed E-state index contributed by atoms with van der Waals surface area (Å²) in [6.45, 7) is 3.28. The van der Waals surface area contributed by atoms with Crippen molar-refractivity contribution in [1.29, 1.82) is 0 Å². The van der Waals surface area contributed by atoms with E-state index in [2.05, 4.69) is 10.3 Å². The molecule has 1 aromatic heterocycles. The SMILES string of the molecule is CC1CN(Cc2ccc(Cl)nc2)/C(=C/[N+](=O)[O-])N1. The largest absolute Gasteiger partial charge is 0.362 e. The van der Waals surface area contributed by atoms with Gasteiger partial charge in [0, 0.05) is 25.3 Å². The van der Waals surface area contributed by atoms with Gasteiger partial charge in [0.1, 0.15) is 5.15 Å². The van der Waals surface area contributed by atoms with Crippen molar-refractivity contribution in [2.75, 3.05) is 6.54 Å². The molecule has 0 radical (unpaired) electrons. The first-order valence-corrected chi connectivity index (χ1v) is 5.89. The molecule has 1 saturated heterocycles. The van der Waals surface area contributed by atoms with E-state index in [1.807, 2.05) is 17.9 Å². The van der Waals surface area contributed by atoms with E-state index in [4.69, 9.17) is 11.6 Å². The van der Waals surface area contributed by atoms with Gasteiger partial charge in [-0.25, -0.2) is 4.98 Å². The maximum atomic E-state index is 10.5. The molecule has 1 unspecified atom stereocenters. The lowest BCUT2D eigenvalue weighted by molar-refractivity contribution is -0.404. The van der Waals surface area contributed by atoms with Crippen LogP contribution in [0.4, 0.5) is 0 Å². The molecule has 0 aromatic carbocycles. The molecule has 0 spiro atoms. The fourth-order valence-electron chi connectivity index (χ4n) is 1.91. The molecule has 0 saturated carbocycles. The van der Waals surface area contributed by atoms with E-state index >= 15 is 0 Å². The number of nitrogens with zero attached hydrogens (tertiary/aromatic N) is 3. The van der Waals surface area contributed by atoms with Crippen molar-refractivity contribution in [3.8, 4) is 0 Å². The van der Waals surface area contributed by atoms with Crippen molar-refractivity contribution in [2.45, 2.75) is 19.5 Å². The third-order valence-electron chi connectivity index (χ3n) is 2.62. The van der Waals surface area contributed by atoms with Crippen molar-refractivity contribution < 1.29 is 4.92 Å². The highest BCUT2D eigenvalue weighted by atomic mass is 35.5. The Morgan fingerprint density at radius 1 is 1.72 bits per heavy atom. The molecule has 1 aliphatic rings. The van der Waals surface area contributed by atoms with E-state index in [0.29, 0.717) is 17.5 Å². The molecular formula is C11H13ClN4O2. The predicted molar refractivity (Wildman–Crippen MR) is 67.3 cm³/mol. The Bertz CT molecular complexity index is 474. The van der Waals surface area contributed by atoms with Crippen molar-refractivity contribution in [3.63, 3.8) is 0 Å². The molecule has 2 heterocycles. The molecule has 0 bridgehead atoms. The van der Waals surface area contributed by atoms with Crippen LogP contribution in [0.15, 0.2) is 30.4 Å². The van der Waals surface area contributed by atoms with Crippen LogP contribution in [0.2, 0.25) is 5.15 Å². The average Bonchev–Trinajstić information content (AvgIpc) is 2.61. The molecule has 6 nitrogen and oxygen atoms in total. The Labute approximate surface area is 109 Å². The van der Waals surface area contributed by atoms with Crippen LogP contribution in [0.5, 0.6) is 0 Å². The molecule has 1 atom stereocenters. The van der Waals surface area contributed by atoms with Crippen molar-refractivity contribution in [1.82, 2.24) is 15.2 Å². The minimum atomic E-state index is -0.451. The normalized spacial score (nSPS) is 21.1. The fourth-order valence-corrected chi connectivity index (χ4v) is 2.02. The van der Waals surface area contributed by atoms with Crippen molar-refractivity contribution >= 4 is 11.6 Å². The summed E-state index contributed by atoms with van der Waals surface area (Å²) in [4.78, 5) is 16.0. The summed E-state index contributed by atoms with van der Waals surface area (Å²) < 4.78 is 0. The van der Waals surface area contributed by atoms with E-state index < -0.39 is 4.92 Å². The summed E-state index contributed by atoms with van der Waals surface area (Å²) in [6, 6.07) is 3.76. The maximum absolute atomic E-state index is 10.5. The van der Waals surface area contributed by atoms with Gasteiger partial charge in [0.25, 0.3) is 6.20 Å². The lowest BCUT2D eigenvalue weighted by Gasteiger charge is -2.16. The van der Waals surface area contributed by atoms with Gasteiger partial charge in [-0.15, -0.1) is 0 Å². The van der Waals surface area contributed by atoms with Gasteiger partial charge < -0.3 is 10.2 Å². The van der Waals surface area contributed by atoms with E-state index in [1.165, 1.54) is 0 Å². The third kappa shape index (κ3) is 3.10. The minimum Gasteiger partial charge on any atom is -0.362 e. The standard InChI is InChI=1S/C11H13ClN4O2/c1-8-5-15(11(14-8)7-16(17)18)6-9-2-3-10(12)13-4-9/h2-4,7-8,14H,5-6H2,1H3/b11-7+. The Kier molecular flexibility index (Phi) is 3.66. The molecule has 1 N–H and O–H groups in total. The number of pyridine rings is 1. The van der Waals surface area contributed by atoms with Gasteiger partial charge in [0.05, 0.1) is 4.92 Å². The van der Waals surface area contributed by atoms with Gasteiger partial charge in [0.2, 0.25) is 0 Å². The molecule has 0 amide bonds. The van der Waals surface area contributed by atoms with Gasteiger partial charge in [-0.3, -0.25) is 10.1 Å². The number of rotatable bonds is 3. The monoisotopic (exact) mass is 268 g/mol. The van der Waals surface area contributed by atoms with Crippen LogP contribution >= 0.6 is 11.6 Å². The molecular weight excluding hydrogens is 256 g/mol. The molecule has 1 aliphatic heterocycles. The van der Waals surface area contributed by atoms with Gasteiger partial charge in [0.15, 0.2) is 5.82 Å². The van der Waals surface area contributed by atoms with E-state index in [1.54, 1.807) is 12.3 Å². The van der Waals surface area contributed by atoms with Gasteiger partial charge >= 0.3 is 0 Å². The second kappa shape index (κ2) is 5.22. The van der Waals surface area contributed by atoms with Crippen molar-refractivity contribution in [2.24, 2.45) is 0 Å². The topological polar surface area (TPSA) is 71.3 Å². The van der Waals surface area contributed by atoms with Crippen LogP contribution < -0.4 is 5.32 Å². The van der Waals surface area contributed by atoms with Gasteiger partial charge in [-0.1, -0.05) is 17.7 Å². The summed E-state index contributed by atoms with van der Waals surface area (Å²) in [7, 11) is 0. The first-order chi connectivity index (χ1) is 8.54. The van der Waals surface area contributed by atoms with E-state index in [-0.39, 0.29) is 6.04 Å². The summed E-state index contributed by atoms with van der Waals surface area (Å²) in [5.74, 6) is 0.530. The Balaban J connectivity index is 2.12. The number of aromatic nitrogens is 1. The van der Waals surface area contributed by atoms with E-state index in [0.717, 1.165) is 18.3 Å². The Hall–Kier alpha value is -1.82. The molecule has 1 aromatic rings. The molecule has 2 rings (SSSR count). The quantitative estimate of drug-likeness (QED) is 0.512. The Morgan fingerprint density at radius 3 is 3.11 bits per heavy atom. The summed E-state index contributed by atoms with van der Waals surface area (Å²) in [6.07, 6.45) is 2.67. The van der Waals surface area contributed by atoms with Crippen LogP contribution in [-0.2, 0) is 6.54 Å². The third-order valence-corrected chi connectivity index (χ3v) is 2.84. The van der Waals surface area contributed by atoms with Crippen LogP contribution in [0.25, 0.3) is 0 Å². The number of nitrogens with one attached hydrogen (secondary N) is 1. The number of hydrogen-bond acceptors (Lipinski definition) is 5. The molecule has 0 aliphatic carbocycles. The predicted octanol–water partition coefficient (Wildman–Crippen LogP) is 1.60. The Morgan fingerprint density at radius 2 is 2.50 bits per heavy atom. The number of halogens is 1. The van der Waals surface area contributed by atoms with Gasteiger partial charge in [-0.05, 0) is 18.6 Å². The second-order valence-electron chi connectivity index (χ2n) is 4.21. The fraction of sp³-hybridized carbons (Fsp3) is 0.364. The number of hydrogen-bond donors (Lipinski definition) is 1. The molecule has 18 heavy (non-hydrogen) atoms. The summed E-state index contributed by atoms with van der Waals surface area (Å²) >= 11 is 5.71. The van der Waals surface area contributed by atoms with Crippen LogP contribution in [0.1, 0.15) is 12.5 Å². The highest BCUT2D eigenvalue weighted by Gasteiger charge is 2.24. The highest BCUT2D eigenvalue weighted by Crippen LogP contribution is 2.16. The summed E-state index contributed by atoms with van der Waals surface area (Å²) in [5.41, 5.74) is 0.963. The molecule has 96 valence electrons. The molecule has 1 fully saturated rings. The van der Waals surface area contributed by atoms with Crippen LogP contribution in [0.3, 0.4) is 0 Å². The lowest BCUT2D eigenvalue weighted by Crippen LogP contribution is -2.20. The van der Waals surface area contributed by atoms with E-state index in [9.17, 15) is 10.1 Å². The van der Waals surface area contributed by atoms with Crippen LogP contribution in [0, 0.1) is 10.1 Å². The highest BCUT2D eigenvalue weighted by molar-refractivity contribution is 6.29. The van der Waals surface area contributed by atoms with Crippen molar-refractivity contribution in [3.05, 3.63) is 51.2 Å². The zero-order valence-electron chi connectivity index (χ0n) is 9.84. The maximum Gasteiger partial charge on any atom is 0.274 e. The van der Waals surface area contributed by atoms with Gasteiger partial charge in [-0.2, -0.15) is 0 Å². The summed E-state index contributed by atoms with van der Waals surface area (Å²) in [5, 5.41) is 14.0. The second-order valence-corrected chi connectivity index (χ2v) is 4.60. The first kappa shape index (κ1) is 12.6. The molecule has 7 heteroatoms. The lowest BCUT2D eigenvalue weighted by atomic mass is 10.2. The first-order valence-electron chi connectivity index (χ1n) is 5.52. The zero-order chi connectivity index (χ0) is 13.1. The minimum absolute atomic E-state index is 0.191. The number of nitro groups is 1. The average molecular weight is 269 g/mol. The van der Waals surface area contributed by atoms with Crippen LogP contribution in [-0.4, -0.2) is 27.4 Å².